The maximum Gasteiger partial charge on any atom is 0.550 e. The Morgan fingerprint density at radius 2 is 1.73 bits per heavy atom. The molecule has 0 unspecified atom stereocenters. The molecule has 0 fully saturated rings. The van der Waals surface area contributed by atoms with Gasteiger partial charge in [-0.1, -0.05) is 23.4 Å². The van der Waals surface area contributed by atoms with Gasteiger partial charge in [0.15, 0.2) is 0 Å². The Kier molecular flexibility index (Phi) is 6.59. The van der Waals surface area contributed by atoms with E-state index in [4.69, 9.17) is 13.7 Å². The van der Waals surface area contributed by atoms with Crippen LogP contribution in [0.3, 0.4) is 0 Å². The standard InChI is InChI=1S/C13H17F3NO4P/c1-4-19-22(18,20-5-2)21-17-10(3)11-8-6-7-9-12(11)13(14,15)16/h6-9H,4-5H2,1-3H3. The van der Waals surface area contributed by atoms with Gasteiger partial charge in [-0.25, -0.2) is 4.57 Å². The highest BCUT2D eigenvalue weighted by atomic mass is 31.2. The minimum Gasteiger partial charge on any atom is -0.292 e. The number of nitrogens with zero attached hydrogens (tertiary/aromatic N) is 1. The Morgan fingerprint density at radius 1 is 1.18 bits per heavy atom. The molecule has 0 aliphatic heterocycles. The molecule has 0 heterocycles. The molecule has 0 aliphatic carbocycles. The van der Waals surface area contributed by atoms with Gasteiger partial charge < -0.3 is 0 Å². The molecule has 22 heavy (non-hydrogen) atoms. The fourth-order valence-electron chi connectivity index (χ4n) is 1.61. The topological polar surface area (TPSA) is 57.1 Å². The lowest BCUT2D eigenvalue weighted by Crippen LogP contribution is -2.12. The third-order valence-electron chi connectivity index (χ3n) is 2.47. The van der Waals surface area contributed by atoms with Crippen LogP contribution in [0, 0.1) is 0 Å². The molecular formula is C13H17F3NO4P. The van der Waals surface area contributed by atoms with Gasteiger partial charge in [0.2, 0.25) is 0 Å². The van der Waals surface area contributed by atoms with E-state index in [0.29, 0.717) is 0 Å². The lowest BCUT2D eigenvalue weighted by molar-refractivity contribution is -0.137. The summed E-state index contributed by atoms with van der Waals surface area (Å²) in [6.45, 7) is 4.55. The molecule has 0 aliphatic rings. The quantitative estimate of drug-likeness (QED) is 0.413. The van der Waals surface area contributed by atoms with Gasteiger partial charge in [-0.15, -0.1) is 0 Å². The molecule has 124 valence electrons. The number of oxime groups is 1. The Morgan fingerprint density at radius 3 is 2.23 bits per heavy atom. The molecule has 9 heteroatoms. The molecule has 0 radical (unpaired) electrons. The summed E-state index contributed by atoms with van der Waals surface area (Å²) in [6, 6.07) is 4.89. The fourth-order valence-corrected chi connectivity index (χ4v) is 2.63. The average molecular weight is 339 g/mol. The van der Waals surface area contributed by atoms with Gasteiger partial charge in [0.25, 0.3) is 0 Å². The van der Waals surface area contributed by atoms with Crippen LogP contribution in [-0.2, 0) is 24.4 Å². The predicted octanol–water partition coefficient (Wildman–Crippen LogP) is 4.63. The van der Waals surface area contributed by atoms with E-state index >= 15 is 0 Å². The SMILES string of the molecule is CCOP(=O)(OCC)ON=C(C)c1ccccc1C(F)(F)F. The first-order valence-electron chi connectivity index (χ1n) is 6.52. The molecular weight excluding hydrogens is 322 g/mol. The summed E-state index contributed by atoms with van der Waals surface area (Å²) >= 11 is 0. The summed E-state index contributed by atoms with van der Waals surface area (Å²) in [5, 5.41) is 3.48. The van der Waals surface area contributed by atoms with Gasteiger partial charge in [0.05, 0.1) is 24.5 Å². The zero-order chi connectivity index (χ0) is 16.8. The van der Waals surface area contributed by atoms with E-state index in [-0.39, 0.29) is 24.5 Å². The van der Waals surface area contributed by atoms with Crippen LogP contribution in [0.2, 0.25) is 0 Å². The van der Waals surface area contributed by atoms with Gasteiger partial charge >= 0.3 is 14.0 Å². The molecule has 0 spiro atoms. The van der Waals surface area contributed by atoms with Gasteiger partial charge in [0.1, 0.15) is 0 Å². The van der Waals surface area contributed by atoms with Crippen LogP contribution in [0.15, 0.2) is 29.4 Å². The number of hydrogen-bond acceptors (Lipinski definition) is 5. The van der Waals surface area contributed by atoms with Gasteiger partial charge in [-0.05, 0) is 26.8 Å². The molecule has 0 aromatic heterocycles. The van der Waals surface area contributed by atoms with Crippen molar-refractivity contribution < 1.29 is 31.4 Å². The van der Waals surface area contributed by atoms with Crippen LogP contribution in [-0.4, -0.2) is 18.9 Å². The summed E-state index contributed by atoms with van der Waals surface area (Å²) in [5.74, 6) is 0. The van der Waals surface area contributed by atoms with Crippen molar-refractivity contribution in [3.63, 3.8) is 0 Å². The zero-order valence-electron chi connectivity index (χ0n) is 12.4. The number of phosphoric ester groups is 1. The Bertz CT molecular complexity index is 565. The van der Waals surface area contributed by atoms with Crippen molar-refractivity contribution in [2.24, 2.45) is 5.16 Å². The van der Waals surface area contributed by atoms with E-state index in [1.165, 1.54) is 25.1 Å². The lowest BCUT2D eigenvalue weighted by Gasteiger charge is -2.15. The molecule has 0 amide bonds. The normalized spacial score (nSPS) is 13.3. The number of phosphoric acid groups is 1. The van der Waals surface area contributed by atoms with E-state index in [2.05, 4.69) is 5.16 Å². The number of hydrogen-bond donors (Lipinski definition) is 0. The fraction of sp³-hybridized carbons (Fsp3) is 0.462. The van der Waals surface area contributed by atoms with E-state index in [1.807, 2.05) is 0 Å². The number of alkyl halides is 3. The average Bonchev–Trinajstić information content (AvgIpc) is 2.44. The number of rotatable bonds is 7. The minimum absolute atomic E-state index is 0.0466. The van der Waals surface area contributed by atoms with Crippen molar-refractivity contribution in [3.8, 4) is 0 Å². The van der Waals surface area contributed by atoms with Gasteiger partial charge in [-0.3, -0.25) is 13.7 Å². The highest BCUT2D eigenvalue weighted by molar-refractivity contribution is 7.48. The molecule has 1 rings (SSSR count). The molecule has 0 bridgehead atoms. The number of benzene rings is 1. The van der Waals surface area contributed by atoms with E-state index < -0.39 is 19.6 Å². The van der Waals surface area contributed by atoms with Crippen LogP contribution in [0.4, 0.5) is 13.2 Å². The van der Waals surface area contributed by atoms with Crippen molar-refractivity contribution in [3.05, 3.63) is 35.4 Å². The molecule has 0 N–H and O–H groups in total. The Labute approximate surface area is 126 Å². The van der Waals surface area contributed by atoms with Gasteiger partial charge in [0, 0.05) is 5.56 Å². The maximum absolute atomic E-state index is 12.9. The third kappa shape index (κ3) is 5.12. The van der Waals surface area contributed by atoms with Crippen LogP contribution >= 0.6 is 7.82 Å². The number of halogens is 3. The van der Waals surface area contributed by atoms with Crippen molar-refractivity contribution in [2.45, 2.75) is 26.9 Å². The second-order valence-corrected chi connectivity index (χ2v) is 5.66. The molecule has 0 saturated carbocycles. The Hall–Kier alpha value is -1.37. The molecule has 5 nitrogen and oxygen atoms in total. The molecule has 1 aromatic carbocycles. The highest BCUT2D eigenvalue weighted by Crippen LogP contribution is 2.49. The van der Waals surface area contributed by atoms with E-state index in [9.17, 15) is 17.7 Å². The first-order chi connectivity index (χ1) is 10.2. The van der Waals surface area contributed by atoms with Crippen molar-refractivity contribution >= 4 is 13.5 Å². The second kappa shape index (κ2) is 7.76. The summed E-state index contributed by atoms with van der Waals surface area (Å²) in [4.78, 5) is 0. The third-order valence-corrected chi connectivity index (χ3v) is 3.90. The van der Waals surface area contributed by atoms with Crippen LogP contribution < -0.4 is 0 Å². The highest BCUT2D eigenvalue weighted by Gasteiger charge is 2.34. The largest absolute Gasteiger partial charge is 0.550 e. The summed E-state index contributed by atoms with van der Waals surface area (Å²) < 4.78 is 65.2. The molecule has 0 saturated heterocycles. The van der Waals surface area contributed by atoms with E-state index in [1.54, 1.807) is 13.8 Å². The molecule has 0 atom stereocenters. The first kappa shape index (κ1) is 18.7. The van der Waals surface area contributed by atoms with Crippen LogP contribution in [0.1, 0.15) is 31.9 Å². The lowest BCUT2D eigenvalue weighted by atomic mass is 10.0. The summed E-state index contributed by atoms with van der Waals surface area (Å²) in [5.41, 5.74) is -1.12. The zero-order valence-corrected chi connectivity index (χ0v) is 13.3. The van der Waals surface area contributed by atoms with Crippen molar-refractivity contribution in [1.82, 2.24) is 0 Å². The van der Waals surface area contributed by atoms with Gasteiger partial charge in [-0.2, -0.15) is 13.2 Å². The Balaban J connectivity index is 3.06. The smallest absolute Gasteiger partial charge is 0.292 e. The summed E-state index contributed by atoms with van der Waals surface area (Å²) in [6.07, 6.45) is -4.53. The first-order valence-corrected chi connectivity index (χ1v) is 7.98. The van der Waals surface area contributed by atoms with Crippen molar-refractivity contribution in [2.75, 3.05) is 13.2 Å². The van der Waals surface area contributed by atoms with Crippen LogP contribution in [0.5, 0.6) is 0 Å². The molecule has 1 aromatic rings. The summed E-state index contributed by atoms with van der Waals surface area (Å²) in [7, 11) is -3.92. The maximum atomic E-state index is 12.9. The minimum atomic E-state index is -4.53. The van der Waals surface area contributed by atoms with Crippen LogP contribution in [0.25, 0.3) is 0 Å². The predicted molar refractivity (Wildman–Crippen MR) is 75.6 cm³/mol. The monoisotopic (exact) mass is 339 g/mol. The second-order valence-electron chi connectivity index (χ2n) is 4.08. The van der Waals surface area contributed by atoms with E-state index in [0.717, 1.165) is 6.07 Å². The van der Waals surface area contributed by atoms with Crippen molar-refractivity contribution in [1.29, 1.82) is 0 Å².